The van der Waals surface area contributed by atoms with Gasteiger partial charge < -0.3 is 19.2 Å². The zero-order valence-electron chi connectivity index (χ0n) is 22.3. The quantitative estimate of drug-likeness (QED) is 0.338. The number of aromatic nitrogens is 2. The number of benzene rings is 2. The third kappa shape index (κ3) is 7.87. The third-order valence-electron chi connectivity index (χ3n) is 6.02. The number of carbonyl (C=O) groups excluding carboxylic acids is 2. The minimum Gasteiger partial charge on any atom is -0.484 e. The Hall–Kier alpha value is -3.87. The molecule has 1 N–H and O–H groups in total. The van der Waals surface area contributed by atoms with Gasteiger partial charge in [-0.25, -0.2) is 9.18 Å². The number of ether oxygens (including phenoxy) is 2. The van der Waals surface area contributed by atoms with E-state index in [1.165, 1.54) is 29.2 Å². The fourth-order valence-electron chi connectivity index (χ4n) is 4.14. The molecule has 220 valence electrons. The van der Waals surface area contributed by atoms with Crippen LogP contribution in [0.5, 0.6) is 5.75 Å². The number of piperidine rings is 1. The largest absolute Gasteiger partial charge is 0.484 e. The van der Waals surface area contributed by atoms with E-state index in [0.29, 0.717) is 12.8 Å². The van der Waals surface area contributed by atoms with E-state index in [4.69, 9.17) is 25.5 Å². The van der Waals surface area contributed by atoms with Crippen molar-refractivity contribution in [2.45, 2.75) is 57.5 Å². The van der Waals surface area contributed by atoms with Crippen LogP contribution in [-0.4, -0.2) is 51.9 Å². The molecule has 1 aliphatic rings. The van der Waals surface area contributed by atoms with Gasteiger partial charge in [-0.15, -0.1) is 10.2 Å². The van der Waals surface area contributed by atoms with Gasteiger partial charge in [0.2, 0.25) is 11.8 Å². The molecule has 1 aromatic heterocycles. The SMILES string of the molecule is CC(C)(C)OC(=O)N1CC(NC(=O)COc2ccc(Cl)c(F)c2)CC[C@H]1c1nnc(-c2ccc(C(F)(F)F)cc2)o1. The number of alkyl halides is 3. The molecular weight excluding hydrogens is 572 g/mol. The Balaban J connectivity index is 1.45. The van der Waals surface area contributed by atoms with Gasteiger partial charge in [0.25, 0.3) is 5.91 Å². The minimum absolute atomic E-state index is 0.0101. The van der Waals surface area contributed by atoms with Crippen LogP contribution in [0.25, 0.3) is 11.5 Å². The van der Waals surface area contributed by atoms with Gasteiger partial charge in [0, 0.05) is 24.2 Å². The van der Waals surface area contributed by atoms with E-state index in [1.54, 1.807) is 20.8 Å². The second kappa shape index (κ2) is 11.9. The summed E-state index contributed by atoms with van der Waals surface area (Å²) < 4.78 is 69.0. The fraction of sp³-hybridized carbons (Fsp3) is 0.407. The van der Waals surface area contributed by atoms with Gasteiger partial charge in [-0.1, -0.05) is 11.6 Å². The highest BCUT2D eigenvalue weighted by Crippen LogP contribution is 2.34. The molecule has 2 heterocycles. The summed E-state index contributed by atoms with van der Waals surface area (Å²) in [6.07, 6.45) is -4.44. The summed E-state index contributed by atoms with van der Waals surface area (Å²) in [6.45, 7) is 4.76. The maximum absolute atomic E-state index is 13.6. The number of carbonyl (C=O) groups is 2. The smallest absolute Gasteiger partial charge is 0.416 e. The number of hydrogen-bond acceptors (Lipinski definition) is 7. The van der Waals surface area contributed by atoms with Crippen LogP contribution < -0.4 is 10.1 Å². The normalized spacial score (nSPS) is 17.7. The van der Waals surface area contributed by atoms with Crippen LogP contribution in [0.15, 0.2) is 46.9 Å². The van der Waals surface area contributed by atoms with E-state index >= 15 is 0 Å². The summed E-state index contributed by atoms with van der Waals surface area (Å²) in [5.74, 6) is -0.983. The Morgan fingerprint density at radius 3 is 2.44 bits per heavy atom. The van der Waals surface area contributed by atoms with Crippen molar-refractivity contribution in [2.75, 3.05) is 13.2 Å². The van der Waals surface area contributed by atoms with E-state index in [0.717, 1.165) is 18.2 Å². The summed E-state index contributed by atoms with van der Waals surface area (Å²) in [6, 6.07) is 6.88. The van der Waals surface area contributed by atoms with E-state index in [9.17, 15) is 27.2 Å². The molecule has 4 rings (SSSR count). The van der Waals surface area contributed by atoms with Crippen molar-refractivity contribution in [3.8, 4) is 17.2 Å². The molecule has 1 unspecified atom stereocenters. The number of likely N-dealkylation sites (tertiary alicyclic amines) is 1. The average molecular weight is 599 g/mol. The summed E-state index contributed by atoms with van der Waals surface area (Å²) in [5.41, 5.74) is -1.36. The van der Waals surface area contributed by atoms with E-state index in [2.05, 4.69) is 15.5 Å². The lowest BCUT2D eigenvalue weighted by Gasteiger charge is -2.38. The molecule has 0 radical (unpaired) electrons. The monoisotopic (exact) mass is 598 g/mol. The summed E-state index contributed by atoms with van der Waals surface area (Å²) in [7, 11) is 0. The lowest BCUT2D eigenvalue weighted by atomic mass is 9.98. The van der Waals surface area contributed by atoms with Gasteiger partial charge >= 0.3 is 12.3 Å². The molecule has 1 aliphatic heterocycles. The van der Waals surface area contributed by atoms with Gasteiger partial charge in [0.15, 0.2) is 6.61 Å². The summed E-state index contributed by atoms with van der Waals surface area (Å²) >= 11 is 5.66. The van der Waals surface area contributed by atoms with Crippen molar-refractivity contribution in [3.05, 3.63) is 64.8 Å². The molecule has 2 amide bonds. The Kier molecular flexibility index (Phi) is 8.76. The van der Waals surface area contributed by atoms with Crippen molar-refractivity contribution < 1.29 is 41.0 Å². The molecule has 9 nitrogen and oxygen atoms in total. The number of nitrogens with zero attached hydrogens (tertiary/aromatic N) is 3. The van der Waals surface area contributed by atoms with Crippen molar-refractivity contribution in [3.63, 3.8) is 0 Å². The van der Waals surface area contributed by atoms with Gasteiger partial charge in [-0.3, -0.25) is 9.69 Å². The van der Waals surface area contributed by atoms with E-state index in [1.807, 2.05) is 0 Å². The zero-order chi connectivity index (χ0) is 29.9. The van der Waals surface area contributed by atoms with Crippen LogP contribution in [0.2, 0.25) is 5.02 Å². The summed E-state index contributed by atoms with van der Waals surface area (Å²) in [5, 5.41) is 10.7. The van der Waals surface area contributed by atoms with Crippen molar-refractivity contribution >= 4 is 23.6 Å². The van der Waals surface area contributed by atoms with Crippen LogP contribution in [0.1, 0.15) is 51.1 Å². The lowest BCUT2D eigenvalue weighted by molar-refractivity contribution is -0.137. The number of nitrogens with one attached hydrogen (secondary N) is 1. The van der Waals surface area contributed by atoms with Gasteiger partial charge in [-0.05, 0) is 70.0 Å². The van der Waals surface area contributed by atoms with Crippen molar-refractivity contribution in [1.82, 2.24) is 20.4 Å². The van der Waals surface area contributed by atoms with Crippen LogP contribution in [0.3, 0.4) is 0 Å². The van der Waals surface area contributed by atoms with Crippen LogP contribution in [0, 0.1) is 5.82 Å². The van der Waals surface area contributed by atoms with Crippen LogP contribution >= 0.6 is 11.6 Å². The first-order chi connectivity index (χ1) is 19.2. The second-order valence-corrected chi connectivity index (χ2v) is 10.8. The zero-order valence-corrected chi connectivity index (χ0v) is 23.1. The van der Waals surface area contributed by atoms with E-state index < -0.39 is 53.8 Å². The molecule has 0 bridgehead atoms. The van der Waals surface area contributed by atoms with Crippen molar-refractivity contribution in [2.24, 2.45) is 0 Å². The predicted octanol–water partition coefficient (Wildman–Crippen LogP) is 6.18. The Labute approximate surface area is 237 Å². The van der Waals surface area contributed by atoms with Crippen LogP contribution in [-0.2, 0) is 15.7 Å². The van der Waals surface area contributed by atoms with Gasteiger partial charge in [-0.2, -0.15) is 13.2 Å². The Morgan fingerprint density at radius 1 is 1.10 bits per heavy atom. The standard InChI is InChI=1S/C27H27ClF4N4O5/c1-26(2,3)41-25(38)36-13-17(33-22(37)14-39-18-9-10-19(28)20(29)12-18)8-11-21(36)24-35-34-23(40-24)15-4-6-16(7-5-15)27(30,31)32/h4-7,9-10,12,17,21H,8,11,13-14H2,1-3H3,(H,33,37)/t17?,21-/m0/s1. The molecule has 14 heteroatoms. The highest BCUT2D eigenvalue weighted by Gasteiger charge is 2.39. The van der Waals surface area contributed by atoms with Gasteiger partial charge in [0.1, 0.15) is 23.2 Å². The van der Waals surface area contributed by atoms with E-state index in [-0.39, 0.29) is 34.7 Å². The Morgan fingerprint density at radius 2 is 1.80 bits per heavy atom. The Bertz CT molecular complexity index is 1390. The molecule has 0 aliphatic carbocycles. The number of halogens is 5. The summed E-state index contributed by atoms with van der Waals surface area (Å²) in [4.78, 5) is 27.0. The maximum atomic E-state index is 13.6. The number of hydrogen-bond donors (Lipinski definition) is 1. The lowest BCUT2D eigenvalue weighted by Crippen LogP contribution is -2.52. The molecule has 1 saturated heterocycles. The minimum atomic E-state index is -4.49. The second-order valence-electron chi connectivity index (χ2n) is 10.4. The molecule has 2 aromatic carbocycles. The molecule has 3 aromatic rings. The first-order valence-corrected chi connectivity index (χ1v) is 13.0. The molecule has 1 fully saturated rings. The number of rotatable bonds is 6. The molecular formula is C27H27ClF4N4O5. The molecule has 2 atom stereocenters. The van der Waals surface area contributed by atoms with Gasteiger partial charge in [0.05, 0.1) is 10.6 Å². The highest BCUT2D eigenvalue weighted by atomic mass is 35.5. The first kappa shape index (κ1) is 30.1. The maximum Gasteiger partial charge on any atom is 0.416 e. The highest BCUT2D eigenvalue weighted by molar-refractivity contribution is 6.30. The number of amides is 2. The first-order valence-electron chi connectivity index (χ1n) is 12.6. The van der Waals surface area contributed by atoms with Crippen LogP contribution in [0.4, 0.5) is 22.4 Å². The third-order valence-corrected chi connectivity index (χ3v) is 6.33. The molecule has 0 spiro atoms. The topological polar surface area (TPSA) is 107 Å². The van der Waals surface area contributed by atoms with Crippen molar-refractivity contribution in [1.29, 1.82) is 0 Å². The average Bonchev–Trinajstić information content (AvgIpc) is 3.38. The predicted molar refractivity (Wildman–Crippen MR) is 138 cm³/mol. The molecule has 41 heavy (non-hydrogen) atoms. The fourth-order valence-corrected chi connectivity index (χ4v) is 4.26. The molecule has 0 saturated carbocycles.